The van der Waals surface area contributed by atoms with E-state index in [1.54, 1.807) is 12.1 Å². The second kappa shape index (κ2) is 12.3. The Hall–Kier alpha value is -0.800. The third-order valence-electron chi connectivity index (χ3n) is 9.48. The Balaban J connectivity index is 1.61. The summed E-state index contributed by atoms with van der Waals surface area (Å²) in [6, 6.07) is 24.5. The Morgan fingerprint density at radius 3 is 1.27 bits per heavy atom. The van der Waals surface area contributed by atoms with Crippen molar-refractivity contribution < 1.29 is 15.0 Å². The summed E-state index contributed by atoms with van der Waals surface area (Å²) >= 11 is 21.0. The number of halogens is 6. The number of fused-ring (bicyclic) bond motifs is 2. The van der Waals surface area contributed by atoms with Gasteiger partial charge in [-0.05, 0) is 0 Å². The predicted molar refractivity (Wildman–Crippen MR) is 195 cm³/mol. The molecule has 226 valence electrons. The van der Waals surface area contributed by atoms with E-state index in [9.17, 15) is 0 Å². The normalized spacial score (nSPS) is 17.7. The van der Waals surface area contributed by atoms with Gasteiger partial charge in [-0.3, -0.25) is 0 Å². The van der Waals surface area contributed by atoms with Crippen LogP contribution in [0.4, 0.5) is 0 Å². The first kappa shape index (κ1) is 33.1. The van der Waals surface area contributed by atoms with Crippen molar-refractivity contribution in [2.45, 2.75) is 47.0 Å². The van der Waals surface area contributed by atoms with E-state index in [1.165, 1.54) is 33.4 Å². The first-order valence-electron chi connectivity index (χ1n) is 14.8. The van der Waals surface area contributed by atoms with Gasteiger partial charge < -0.3 is 0 Å². The maximum absolute atomic E-state index is 8.50. The van der Waals surface area contributed by atoms with Gasteiger partial charge in [-0.1, -0.05) is 0 Å². The fourth-order valence-corrected chi connectivity index (χ4v) is 37.9. The molecule has 4 aromatic carbocycles. The number of rotatable bonds is 6. The molecule has 0 bridgehead atoms. The molecule has 2 atom stereocenters. The fourth-order valence-electron chi connectivity index (χ4n) is 7.46. The van der Waals surface area contributed by atoms with E-state index in [4.69, 9.17) is 63.4 Å². The monoisotopic (exact) mass is 792 g/mol. The van der Waals surface area contributed by atoms with Crippen LogP contribution in [0.1, 0.15) is 56.2 Å². The van der Waals surface area contributed by atoms with Crippen molar-refractivity contribution >= 4 is 81.0 Å². The van der Waals surface area contributed by atoms with Gasteiger partial charge in [-0.15, -0.1) is 0 Å². The van der Waals surface area contributed by atoms with Crippen LogP contribution >= 0.6 is 63.4 Å². The molecule has 6 rings (SSSR count). The molecule has 2 aliphatic carbocycles. The van der Waals surface area contributed by atoms with Crippen LogP contribution in [0.15, 0.2) is 83.9 Å². The molecule has 0 aliphatic heterocycles. The zero-order valence-corrected chi connectivity index (χ0v) is 32.9. The van der Waals surface area contributed by atoms with Crippen molar-refractivity contribution in [3.63, 3.8) is 0 Å². The topological polar surface area (TPSA) is 0 Å². The summed E-state index contributed by atoms with van der Waals surface area (Å²) in [5.41, 5.74) is 10.5. The van der Waals surface area contributed by atoms with Gasteiger partial charge in [0, 0.05) is 0 Å². The van der Waals surface area contributed by atoms with Crippen LogP contribution in [0.25, 0.3) is 34.4 Å². The zero-order chi connectivity index (χ0) is 31.6. The minimum atomic E-state index is -4.90. The molecule has 0 saturated heterocycles. The van der Waals surface area contributed by atoms with Crippen molar-refractivity contribution in [1.82, 2.24) is 0 Å². The van der Waals surface area contributed by atoms with Gasteiger partial charge in [0.2, 0.25) is 0 Å². The Kier molecular flexibility index (Phi) is 9.28. The molecule has 0 aromatic heterocycles. The first-order chi connectivity index (χ1) is 20.9. The van der Waals surface area contributed by atoms with Gasteiger partial charge >= 0.3 is 292 Å². The molecule has 2 unspecified atom stereocenters. The van der Waals surface area contributed by atoms with Gasteiger partial charge in [0.15, 0.2) is 0 Å². The molecule has 2 aliphatic rings. The molecule has 0 nitrogen and oxygen atoms in total. The van der Waals surface area contributed by atoms with E-state index in [2.05, 4.69) is 75.5 Å². The van der Waals surface area contributed by atoms with Crippen LogP contribution in [0.2, 0.25) is 33.2 Å². The van der Waals surface area contributed by atoms with Crippen molar-refractivity contribution in [1.29, 1.82) is 0 Å². The van der Waals surface area contributed by atoms with Crippen LogP contribution in [0, 0.1) is 0 Å². The van der Waals surface area contributed by atoms with Crippen LogP contribution in [-0.2, 0) is 15.0 Å². The van der Waals surface area contributed by atoms with Crippen molar-refractivity contribution in [2.75, 3.05) is 0 Å². The first-order valence-corrected chi connectivity index (χ1v) is 31.7. The molecular weight excluding hydrogens is 764 g/mol. The quantitative estimate of drug-likeness (QED) is 0.171. The summed E-state index contributed by atoms with van der Waals surface area (Å²) in [7, 11) is 17.0. The van der Waals surface area contributed by atoms with E-state index < -0.39 is 20.4 Å². The van der Waals surface area contributed by atoms with Gasteiger partial charge in [0.25, 0.3) is 0 Å². The van der Waals surface area contributed by atoms with Crippen molar-refractivity contribution in [3.8, 4) is 22.3 Å². The molecule has 0 saturated carbocycles. The molecule has 4 aromatic rings. The molecule has 0 fully saturated rings. The van der Waals surface area contributed by atoms with Crippen molar-refractivity contribution in [3.05, 3.63) is 126 Å². The minimum absolute atomic E-state index is 0.00608. The van der Waals surface area contributed by atoms with Crippen LogP contribution in [0.5, 0.6) is 0 Å². The SMILES string of the molecule is CCC1=Cc2c(-c3cc(Cl)cc(Cl)c3)cccc2[CH]1[Zr]([Cl])([Cl])([CH]1C(CC)=Cc2c(-c3cc(Cl)cc(Cl)c3)cccc21)=[Si](C)C. The Labute approximate surface area is 288 Å². The third-order valence-corrected chi connectivity index (χ3v) is 56.9. The summed E-state index contributed by atoms with van der Waals surface area (Å²) in [6.07, 6.45) is 6.45. The van der Waals surface area contributed by atoms with E-state index in [0.29, 0.717) is 20.1 Å². The predicted octanol–water partition coefficient (Wildman–Crippen LogP) is 14.3. The van der Waals surface area contributed by atoms with E-state index in [-0.39, 0.29) is 7.25 Å². The average molecular weight is 797 g/mol. The number of hydrogen-bond donors (Lipinski definition) is 0. The molecule has 0 radical (unpaired) electrons. The Bertz CT molecular complexity index is 1810. The molecule has 0 spiro atoms. The molecule has 0 amide bonds. The summed E-state index contributed by atoms with van der Waals surface area (Å²) in [6.45, 7) is 9.13. The summed E-state index contributed by atoms with van der Waals surface area (Å²) in [5, 5.41) is 2.46. The third kappa shape index (κ3) is 5.38. The average Bonchev–Trinajstić information content (AvgIpc) is 3.55. The number of hydrogen-bond acceptors (Lipinski definition) is 0. The molecule has 0 heterocycles. The summed E-state index contributed by atoms with van der Waals surface area (Å²) < 4.78 is -0.0122. The Morgan fingerprint density at radius 2 is 0.955 bits per heavy atom. The summed E-state index contributed by atoms with van der Waals surface area (Å²) in [4.78, 5) is 0. The number of allylic oxidation sites excluding steroid dienone is 2. The second-order valence-corrected chi connectivity index (χ2v) is 52.6. The van der Waals surface area contributed by atoms with Crippen molar-refractivity contribution in [2.24, 2.45) is 0 Å². The number of benzene rings is 4. The van der Waals surface area contributed by atoms with Gasteiger partial charge in [-0.25, -0.2) is 0 Å². The van der Waals surface area contributed by atoms with Gasteiger partial charge in [-0.2, -0.15) is 0 Å². The van der Waals surface area contributed by atoms with Crippen LogP contribution in [0.3, 0.4) is 0 Å². The molecule has 44 heavy (non-hydrogen) atoms. The fraction of sp³-hybridized carbons (Fsp3) is 0.222. The van der Waals surface area contributed by atoms with E-state index in [0.717, 1.165) is 35.1 Å². The van der Waals surface area contributed by atoms with E-state index >= 15 is 0 Å². The van der Waals surface area contributed by atoms with Crippen LogP contribution in [-0.4, -0.2) is 5.43 Å². The molecular formula is C36H32Cl6SiZr. The van der Waals surface area contributed by atoms with Crippen LogP contribution < -0.4 is 0 Å². The van der Waals surface area contributed by atoms with Gasteiger partial charge in [0.05, 0.1) is 0 Å². The standard InChI is InChI=1S/2C17H13Cl2.C2H6Si.2ClH.Zr/c2*1-2-11-6-12-4-3-5-16(17(12)7-11)13-8-14(18)10-15(19)9-13;1-3-2;;;/h2*3-10H,2H2,1H3;1-2H3;2*1H;/q;;;;;+2/p-2. The second-order valence-electron chi connectivity index (χ2n) is 12.1. The zero-order valence-electron chi connectivity index (χ0n) is 24.9. The molecule has 8 heteroatoms. The Morgan fingerprint density at radius 1 is 0.591 bits per heavy atom. The maximum atomic E-state index is 8.50. The van der Waals surface area contributed by atoms with E-state index in [1.807, 2.05) is 24.3 Å². The summed E-state index contributed by atoms with van der Waals surface area (Å²) in [5.74, 6) is 0. The molecule has 0 N–H and O–H groups in total. The van der Waals surface area contributed by atoms with Gasteiger partial charge in [0.1, 0.15) is 0 Å².